The van der Waals surface area contributed by atoms with Crippen LogP contribution in [0, 0.1) is 0 Å². The number of ether oxygens (including phenoxy) is 1. The van der Waals surface area contributed by atoms with Gasteiger partial charge in [0.1, 0.15) is 0 Å². The lowest BCUT2D eigenvalue weighted by Crippen LogP contribution is -2.34. The van der Waals surface area contributed by atoms with E-state index in [9.17, 15) is 9.59 Å². The number of fused-ring (bicyclic) bond motifs is 1. The summed E-state index contributed by atoms with van der Waals surface area (Å²) in [4.78, 5) is 31.2. The summed E-state index contributed by atoms with van der Waals surface area (Å²) in [5.74, 6) is -0.282. The molecule has 0 bridgehead atoms. The molecule has 140 valence electrons. The van der Waals surface area contributed by atoms with Gasteiger partial charge in [0.05, 0.1) is 17.1 Å². The number of carbonyl (C=O) groups excluding carboxylic acids is 2. The monoisotopic (exact) mass is 358 g/mol. The van der Waals surface area contributed by atoms with Crippen LogP contribution >= 0.6 is 0 Å². The number of pyridine rings is 1. The van der Waals surface area contributed by atoms with Gasteiger partial charge in [-0.05, 0) is 46.6 Å². The molecule has 0 N–H and O–H groups in total. The topological polar surface area (TPSA) is 77.3 Å². The third kappa shape index (κ3) is 3.57. The second kappa shape index (κ2) is 7.43. The van der Waals surface area contributed by atoms with Crippen LogP contribution in [0.1, 0.15) is 68.5 Å². The maximum absolute atomic E-state index is 12.7. The van der Waals surface area contributed by atoms with Crippen LogP contribution in [0.15, 0.2) is 12.3 Å². The third-order valence-electron chi connectivity index (χ3n) is 4.73. The number of hydrogen-bond donors (Lipinski definition) is 0. The summed E-state index contributed by atoms with van der Waals surface area (Å²) < 4.78 is 7.13. The van der Waals surface area contributed by atoms with Gasteiger partial charge in [0.25, 0.3) is 5.91 Å². The molecule has 0 aromatic carbocycles. The lowest BCUT2D eigenvalue weighted by atomic mass is 10.1. The van der Waals surface area contributed by atoms with Gasteiger partial charge in [0, 0.05) is 30.7 Å². The zero-order chi connectivity index (χ0) is 18.8. The van der Waals surface area contributed by atoms with Crippen molar-refractivity contribution in [3.05, 3.63) is 23.5 Å². The fourth-order valence-corrected chi connectivity index (χ4v) is 3.05. The Morgan fingerprint density at radius 3 is 2.58 bits per heavy atom. The summed E-state index contributed by atoms with van der Waals surface area (Å²) in [5.41, 5.74) is 2.05. The van der Waals surface area contributed by atoms with Crippen molar-refractivity contribution in [2.45, 2.75) is 52.5 Å². The SMILES string of the molecule is CCN(CC)C(=O)COC(=O)c1cc(C2CC2)nc2c1cnn2C(C)C. The Kier molecular flexibility index (Phi) is 5.25. The lowest BCUT2D eigenvalue weighted by Gasteiger charge is -2.18. The number of esters is 1. The van der Waals surface area contributed by atoms with Gasteiger partial charge in [0.2, 0.25) is 0 Å². The molecule has 7 nitrogen and oxygen atoms in total. The van der Waals surface area contributed by atoms with E-state index in [0.29, 0.717) is 35.6 Å². The lowest BCUT2D eigenvalue weighted by molar-refractivity contribution is -0.134. The van der Waals surface area contributed by atoms with Gasteiger partial charge in [-0.15, -0.1) is 0 Å². The molecule has 0 unspecified atom stereocenters. The largest absolute Gasteiger partial charge is 0.452 e. The van der Waals surface area contributed by atoms with Crippen molar-refractivity contribution < 1.29 is 14.3 Å². The highest BCUT2D eigenvalue weighted by Gasteiger charge is 2.28. The van der Waals surface area contributed by atoms with Crippen LogP contribution in [-0.2, 0) is 9.53 Å². The summed E-state index contributed by atoms with van der Waals surface area (Å²) in [6.07, 6.45) is 3.83. The Bertz CT molecular complexity index is 820. The van der Waals surface area contributed by atoms with Crippen LogP contribution in [0.5, 0.6) is 0 Å². The van der Waals surface area contributed by atoms with E-state index in [1.807, 2.05) is 32.4 Å². The van der Waals surface area contributed by atoms with E-state index in [-0.39, 0.29) is 18.6 Å². The van der Waals surface area contributed by atoms with Crippen molar-refractivity contribution in [1.82, 2.24) is 19.7 Å². The van der Waals surface area contributed by atoms with Crippen molar-refractivity contribution in [1.29, 1.82) is 0 Å². The minimum atomic E-state index is -0.497. The van der Waals surface area contributed by atoms with Gasteiger partial charge in [-0.2, -0.15) is 5.10 Å². The van der Waals surface area contributed by atoms with E-state index >= 15 is 0 Å². The average molecular weight is 358 g/mol. The van der Waals surface area contributed by atoms with Crippen LogP contribution in [0.25, 0.3) is 11.0 Å². The van der Waals surface area contributed by atoms with E-state index in [1.165, 1.54) is 0 Å². The molecule has 1 aliphatic carbocycles. The minimum absolute atomic E-state index is 0.141. The van der Waals surface area contributed by atoms with Crippen molar-refractivity contribution in [2.24, 2.45) is 0 Å². The standard InChI is InChI=1S/C19H26N4O3/c1-5-22(6-2)17(24)11-26-19(25)14-9-16(13-7-8-13)21-18-15(14)10-20-23(18)12(3)4/h9-10,12-13H,5-8,11H2,1-4H3. The molecule has 1 saturated carbocycles. The van der Waals surface area contributed by atoms with E-state index in [1.54, 1.807) is 17.2 Å². The summed E-state index contributed by atoms with van der Waals surface area (Å²) >= 11 is 0. The predicted molar refractivity (Wildman–Crippen MR) is 98.1 cm³/mol. The first kappa shape index (κ1) is 18.4. The Labute approximate surface area is 153 Å². The van der Waals surface area contributed by atoms with Crippen LogP contribution in [0.4, 0.5) is 0 Å². The zero-order valence-electron chi connectivity index (χ0n) is 15.9. The molecule has 2 aromatic rings. The highest BCUT2D eigenvalue weighted by molar-refractivity contribution is 6.03. The highest BCUT2D eigenvalue weighted by Crippen LogP contribution is 2.40. The second-order valence-electron chi connectivity index (χ2n) is 6.93. The molecule has 0 atom stereocenters. The van der Waals surface area contributed by atoms with E-state index in [0.717, 1.165) is 18.5 Å². The maximum atomic E-state index is 12.7. The van der Waals surface area contributed by atoms with Crippen LogP contribution in [-0.4, -0.2) is 51.2 Å². The molecule has 26 heavy (non-hydrogen) atoms. The first-order valence-electron chi connectivity index (χ1n) is 9.29. The molecule has 0 radical (unpaired) electrons. The van der Waals surface area contributed by atoms with E-state index < -0.39 is 5.97 Å². The van der Waals surface area contributed by atoms with Gasteiger partial charge in [-0.25, -0.2) is 14.5 Å². The second-order valence-corrected chi connectivity index (χ2v) is 6.93. The number of carbonyl (C=O) groups is 2. The maximum Gasteiger partial charge on any atom is 0.339 e. The van der Waals surface area contributed by atoms with E-state index in [4.69, 9.17) is 9.72 Å². The molecule has 0 aliphatic heterocycles. The highest BCUT2D eigenvalue weighted by atomic mass is 16.5. The fraction of sp³-hybridized carbons (Fsp3) is 0.579. The zero-order valence-corrected chi connectivity index (χ0v) is 15.9. The van der Waals surface area contributed by atoms with Crippen LogP contribution < -0.4 is 0 Å². The molecule has 1 fully saturated rings. The molecule has 7 heteroatoms. The van der Waals surface area contributed by atoms with E-state index in [2.05, 4.69) is 5.10 Å². The fourth-order valence-electron chi connectivity index (χ4n) is 3.05. The molecule has 0 saturated heterocycles. The molecule has 1 amide bonds. The summed E-state index contributed by atoms with van der Waals surface area (Å²) in [6.45, 7) is 8.80. The first-order chi connectivity index (χ1) is 12.5. The third-order valence-corrected chi connectivity index (χ3v) is 4.73. The van der Waals surface area contributed by atoms with Crippen LogP contribution in [0.3, 0.4) is 0 Å². The Balaban J connectivity index is 1.88. The van der Waals surface area contributed by atoms with Gasteiger partial charge >= 0.3 is 5.97 Å². The number of rotatable bonds is 7. The first-order valence-corrected chi connectivity index (χ1v) is 9.29. The molecular formula is C19H26N4O3. The van der Waals surface area contributed by atoms with Gasteiger partial charge < -0.3 is 9.64 Å². The molecule has 3 rings (SSSR count). The van der Waals surface area contributed by atoms with Gasteiger partial charge in [-0.1, -0.05) is 0 Å². The summed E-state index contributed by atoms with van der Waals surface area (Å²) in [5, 5.41) is 5.05. The van der Waals surface area contributed by atoms with Gasteiger partial charge in [0.15, 0.2) is 12.3 Å². The number of hydrogen-bond acceptors (Lipinski definition) is 5. The van der Waals surface area contributed by atoms with Crippen molar-refractivity contribution in [3.8, 4) is 0 Å². The number of amides is 1. The Hall–Kier alpha value is -2.44. The number of nitrogens with zero attached hydrogens (tertiary/aromatic N) is 4. The summed E-state index contributed by atoms with van der Waals surface area (Å²) in [6, 6.07) is 1.94. The Morgan fingerprint density at radius 1 is 1.31 bits per heavy atom. The minimum Gasteiger partial charge on any atom is -0.452 e. The smallest absolute Gasteiger partial charge is 0.339 e. The molecule has 0 spiro atoms. The Morgan fingerprint density at radius 2 is 2.00 bits per heavy atom. The average Bonchev–Trinajstić information content (AvgIpc) is 3.38. The number of aromatic nitrogens is 3. The molecule has 1 aliphatic rings. The number of likely N-dealkylation sites (N-methyl/N-ethyl adjacent to an activating group) is 1. The van der Waals surface area contributed by atoms with Gasteiger partial charge in [-0.3, -0.25) is 4.79 Å². The molecule has 2 aromatic heterocycles. The molecule has 2 heterocycles. The summed E-state index contributed by atoms with van der Waals surface area (Å²) in [7, 11) is 0. The predicted octanol–water partition coefficient (Wildman–Crippen LogP) is 2.91. The molecular weight excluding hydrogens is 332 g/mol. The van der Waals surface area contributed by atoms with Crippen molar-refractivity contribution in [2.75, 3.05) is 19.7 Å². The quantitative estimate of drug-likeness (QED) is 0.711. The van der Waals surface area contributed by atoms with Crippen molar-refractivity contribution in [3.63, 3.8) is 0 Å². The van der Waals surface area contributed by atoms with Crippen LogP contribution in [0.2, 0.25) is 0 Å². The normalized spacial score (nSPS) is 14.0. The van der Waals surface area contributed by atoms with Crippen molar-refractivity contribution >= 4 is 22.9 Å².